The van der Waals surface area contributed by atoms with Gasteiger partial charge in [0.05, 0.1) is 15.7 Å². The van der Waals surface area contributed by atoms with Crippen LogP contribution < -0.4 is 10.6 Å². The van der Waals surface area contributed by atoms with Crippen LogP contribution in [0.5, 0.6) is 0 Å². The maximum Gasteiger partial charge on any atom is 0.436 e. The normalized spacial score (nSPS) is 11.5. The van der Waals surface area contributed by atoms with Crippen molar-refractivity contribution in [1.82, 2.24) is 15.1 Å². The van der Waals surface area contributed by atoms with Crippen molar-refractivity contribution < 1.29 is 17.6 Å². The van der Waals surface area contributed by atoms with Crippen LogP contribution in [0, 0.1) is 12.7 Å². The molecule has 0 radical (unpaired) electrons. The van der Waals surface area contributed by atoms with Crippen LogP contribution in [0.25, 0.3) is 0 Å². The zero-order chi connectivity index (χ0) is 19.5. The van der Waals surface area contributed by atoms with E-state index in [4.69, 9.17) is 35.4 Å². The molecule has 1 aromatic carbocycles. The first-order chi connectivity index (χ1) is 12.1. The number of nitrogens with zero attached hydrogens (tertiary/aromatic N) is 2. The summed E-state index contributed by atoms with van der Waals surface area (Å²) < 4.78 is 52.6. The second-order valence-corrected chi connectivity index (χ2v) is 6.53. The Labute approximate surface area is 162 Å². The topological polar surface area (TPSA) is 41.9 Å². The van der Waals surface area contributed by atoms with E-state index in [1.165, 1.54) is 29.8 Å². The van der Waals surface area contributed by atoms with Gasteiger partial charge in [-0.15, -0.1) is 0 Å². The summed E-state index contributed by atoms with van der Waals surface area (Å²) in [6.07, 6.45) is -4.13. The third kappa shape index (κ3) is 5.21. The largest absolute Gasteiger partial charge is 0.436 e. The van der Waals surface area contributed by atoms with Gasteiger partial charge < -0.3 is 10.6 Å². The minimum Gasteiger partial charge on any atom is -0.362 e. The maximum absolute atomic E-state index is 13.1. The van der Waals surface area contributed by atoms with Crippen molar-refractivity contribution in [2.45, 2.75) is 26.1 Å². The molecule has 2 rings (SSSR count). The molecule has 0 unspecified atom stereocenters. The Morgan fingerprint density at radius 1 is 1.31 bits per heavy atom. The molecule has 4 nitrogen and oxygen atoms in total. The highest BCUT2D eigenvalue weighted by Crippen LogP contribution is 2.35. The molecule has 1 aromatic heterocycles. The molecule has 0 spiro atoms. The van der Waals surface area contributed by atoms with E-state index in [0.29, 0.717) is 18.7 Å². The van der Waals surface area contributed by atoms with Crippen LogP contribution in [0.15, 0.2) is 18.2 Å². The summed E-state index contributed by atoms with van der Waals surface area (Å²) in [5.41, 5.74) is -0.325. The van der Waals surface area contributed by atoms with E-state index in [0.717, 1.165) is 0 Å². The molecule has 2 N–H and O–H groups in total. The number of rotatable bonds is 5. The van der Waals surface area contributed by atoms with Gasteiger partial charge in [0.2, 0.25) is 0 Å². The standard InChI is InChI=1S/C15H14Cl2F4N4S/c1-8-12(17)13(15(19,20)21)24-25(8)6-2-5-22-14(26)23-9-3-4-11(18)10(16)7-9/h3-4,7H,2,5-6H2,1H3,(H2,22,23,26). The molecular weight excluding hydrogens is 415 g/mol. The van der Waals surface area contributed by atoms with Gasteiger partial charge >= 0.3 is 6.18 Å². The molecule has 0 bridgehead atoms. The van der Waals surface area contributed by atoms with Crippen molar-refractivity contribution in [3.8, 4) is 0 Å². The van der Waals surface area contributed by atoms with E-state index >= 15 is 0 Å². The average Bonchev–Trinajstić information content (AvgIpc) is 2.83. The fraction of sp³-hybridized carbons (Fsp3) is 0.333. The lowest BCUT2D eigenvalue weighted by atomic mass is 10.3. The van der Waals surface area contributed by atoms with Crippen LogP contribution in [-0.4, -0.2) is 21.4 Å². The van der Waals surface area contributed by atoms with Gasteiger partial charge in [-0.25, -0.2) is 4.39 Å². The quantitative estimate of drug-likeness (QED) is 0.398. The molecule has 11 heteroatoms. The molecule has 0 saturated carbocycles. The van der Waals surface area contributed by atoms with Crippen molar-refractivity contribution in [3.63, 3.8) is 0 Å². The highest BCUT2D eigenvalue weighted by atomic mass is 35.5. The molecule has 26 heavy (non-hydrogen) atoms. The molecule has 0 fully saturated rings. The van der Waals surface area contributed by atoms with Gasteiger partial charge in [-0.05, 0) is 43.8 Å². The van der Waals surface area contributed by atoms with Gasteiger partial charge in [-0.2, -0.15) is 18.3 Å². The highest BCUT2D eigenvalue weighted by molar-refractivity contribution is 7.80. The number of aryl methyl sites for hydroxylation is 1. The number of alkyl halides is 3. The van der Waals surface area contributed by atoms with Crippen LogP contribution in [-0.2, 0) is 12.7 Å². The predicted octanol–water partition coefficient (Wildman–Crippen LogP) is 5.03. The Morgan fingerprint density at radius 3 is 2.58 bits per heavy atom. The fourth-order valence-corrected chi connectivity index (χ4v) is 2.75. The van der Waals surface area contributed by atoms with Crippen molar-refractivity contribution >= 4 is 46.2 Å². The molecule has 2 aromatic rings. The maximum atomic E-state index is 13.1. The zero-order valence-electron chi connectivity index (χ0n) is 13.4. The summed E-state index contributed by atoms with van der Waals surface area (Å²) in [5, 5.41) is 9.09. The van der Waals surface area contributed by atoms with Crippen LogP contribution in [0.1, 0.15) is 17.8 Å². The van der Waals surface area contributed by atoms with E-state index in [-0.39, 0.29) is 22.4 Å². The lowest BCUT2D eigenvalue weighted by molar-refractivity contribution is -0.141. The van der Waals surface area contributed by atoms with Gasteiger partial charge in [-0.1, -0.05) is 23.2 Å². The van der Waals surface area contributed by atoms with E-state index < -0.39 is 22.7 Å². The van der Waals surface area contributed by atoms with Gasteiger partial charge in [0.25, 0.3) is 0 Å². The smallest absolute Gasteiger partial charge is 0.362 e. The lowest BCUT2D eigenvalue weighted by Crippen LogP contribution is -2.29. The molecule has 142 valence electrons. The zero-order valence-corrected chi connectivity index (χ0v) is 15.8. The van der Waals surface area contributed by atoms with Crippen molar-refractivity contribution in [2.75, 3.05) is 11.9 Å². The van der Waals surface area contributed by atoms with Gasteiger partial charge in [-0.3, -0.25) is 4.68 Å². The number of anilines is 1. The van der Waals surface area contributed by atoms with E-state index in [1.54, 1.807) is 0 Å². The van der Waals surface area contributed by atoms with Crippen LogP contribution >= 0.6 is 35.4 Å². The van der Waals surface area contributed by atoms with Gasteiger partial charge in [0.1, 0.15) is 5.82 Å². The SMILES string of the molecule is Cc1c(Cl)c(C(F)(F)F)nn1CCCNC(=S)Nc1ccc(F)c(Cl)c1. The van der Waals surface area contributed by atoms with Crippen LogP contribution in [0.2, 0.25) is 10.0 Å². The number of halogens is 6. The van der Waals surface area contributed by atoms with Crippen molar-refractivity contribution in [3.05, 3.63) is 45.4 Å². The number of aromatic nitrogens is 2. The highest BCUT2D eigenvalue weighted by Gasteiger charge is 2.38. The van der Waals surface area contributed by atoms with Gasteiger partial charge in [0.15, 0.2) is 10.8 Å². The molecule has 0 aliphatic carbocycles. The number of thiocarbonyl (C=S) groups is 1. The van der Waals surface area contributed by atoms with Crippen molar-refractivity contribution in [2.24, 2.45) is 0 Å². The summed E-state index contributed by atoms with van der Waals surface area (Å²) in [6.45, 7) is 2.10. The molecule has 0 atom stereocenters. The summed E-state index contributed by atoms with van der Waals surface area (Å²) in [6, 6.07) is 4.07. The van der Waals surface area contributed by atoms with E-state index in [1.807, 2.05) is 0 Å². The number of nitrogens with one attached hydrogen (secondary N) is 2. The molecule has 0 saturated heterocycles. The predicted molar refractivity (Wildman–Crippen MR) is 97.2 cm³/mol. The average molecular weight is 429 g/mol. The minimum atomic E-state index is -4.59. The van der Waals surface area contributed by atoms with Gasteiger partial charge in [0, 0.05) is 18.8 Å². The third-order valence-electron chi connectivity index (χ3n) is 3.41. The molecule has 0 aliphatic rings. The second-order valence-electron chi connectivity index (χ2n) is 5.33. The molecule has 0 amide bonds. The first kappa shape index (κ1) is 20.7. The second kappa shape index (κ2) is 8.41. The third-order valence-corrected chi connectivity index (χ3v) is 4.40. The lowest BCUT2D eigenvalue weighted by Gasteiger charge is -2.11. The minimum absolute atomic E-state index is 0.0377. The van der Waals surface area contributed by atoms with Crippen LogP contribution in [0.3, 0.4) is 0 Å². The Kier molecular flexibility index (Phi) is 6.70. The first-order valence-electron chi connectivity index (χ1n) is 7.39. The Bertz CT molecular complexity index is 808. The fourth-order valence-electron chi connectivity index (χ4n) is 2.10. The summed E-state index contributed by atoms with van der Waals surface area (Å²) in [4.78, 5) is 0. The molecule has 1 heterocycles. The Morgan fingerprint density at radius 2 is 2.00 bits per heavy atom. The number of hydrogen-bond donors (Lipinski definition) is 2. The molecule has 0 aliphatic heterocycles. The monoisotopic (exact) mass is 428 g/mol. The van der Waals surface area contributed by atoms with Crippen molar-refractivity contribution in [1.29, 1.82) is 0 Å². The summed E-state index contributed by atoms with van der Waals surface area (Å²) >= 11 is 16.5. The molecular formula is C15H14Cl2F4N4S. The Balaban J connectivity index is 1.83. The van der Waals surface area contributed by atoms with E-state index in [9.17, 15) is 17.6 Å². The number of hydrogen-bond acceptors (Lipinski definition) is 2. The van der Waals surface area contributed by atoms with Crippen LogP contribution in [0.4, 0.5) is 23.2 Å². The van der Waals surface area contributed by atoms with E-state index in [2.05, 4.69) is 15.7 Å². The summed E-state index contributed by atoms with van der Waals surface area (Å²) in [5.74, 6) is -0.539. The number of benzene rings is 1. The summed E-state index contributed by atoms with van der Waals surface area (Å²) in [7, 11) is 0. The Hall–Kier alpha value is -1.58. The first-order valence-corrected chi connectivity index (χ1v) is 8.56.